The third kappa shape index (κ3) is 4.73. The molecule has 0 fully saturated rings. The summed E-state index contributed by atoms with van der Waals surface area (Å²) in [5.41, 5.74) is 1.72. The number of aromatic nitrogens is 1. The van der Waals surface area contributed by atoms with E-state index in [0.29, 0.717) is 52.0 Å². The molecule has 176 valence electrons. The van der Waals surface area contributed by atoms with Crippen molar-refractivity contribution in [2.24, 2.45) is 0 Å². The van der Waals surface area contributed by atoms with E-state index >= 15 is 0 Å². The fraction of sp³-hybridized carbons (Fsp3) is 0.240. The molecule has 0 saturated heterocycles. The number of carbonyl (C=O) groups is 2. The van der Waals surface area contributed by atoms with E-state index in [4.69, 9.17) is 28.2 Å². The summed E-state index contributed by atoms with van der Waals surface area (Å²) in [6.45, 7) is 1.76. The van der Waals surface area contributed by atoms with Crippen molar-refractivity contribution in [2.45, 2.75) is 19.8 Å². The molecule has 3 aromatic rings. The summed E-state index contributed by atoms with van der Waals surface area (Å²) in [6, 6.07) is 10.0. The maximum absolute atomic E-state index is 13.0. The van der Waals surface area contributed by atoms with Crippen LogP contribution in [0.25, 0.3) is 6.08 Å². The van der Waals surface area contributed by atoms with E-state index in [9.17, 15) is 9.59 Å². The Hall–Kier alpha value is -4.27. The minimum Gasteiger partial charge on any atom is -0.497 e. The van der Waals surface area contributed by atoms with E-state index in [1.165, 1.54) is 20.3 Å². The van der Waals surface area contributed by atoms with Gasteiger partial charge in [-0.2, -0.15) is 0 Å². The van der Waals surface area contributed by atoms with Crippen molar-refractivity contribution in [3.63, 3.8) is 0 Å². The van der Waals surface area contributed by atoms with Gasteiger partial charge in [0.25, 0.3) is 5.88 Å². The Balaban J connectivity index is 1.49. The van der Waals surface area contributed by atoms with Crippen molar-refractivity contribution in [1.82, 2.24) is 5.16 Å². The number of allylic oxidation sites excluding steroid dienone is 1. The van der Waals surface area contributed by atoms with E-state index in [-0.39, 0.29) is 23.7 Å². The van der Waals surface area contributed by atoms with Crippen LogP contribution in [0.15, 0.2) is 46.7 Å². The molecule has 0 bridgehead atoms. The first-order chi connectivity index (χ1) is 16.4. The van der Waals surface area contributed by atoms with Crippen molar-refractivity contribution in [3.8, 4) is 28.9 Å². The topological polar surface area (TPSA) is 106 Å². The number of aryl methyl sites for hydroxylation is 2. The quantitative estimate of drug-likeness (QED) is 0.275. The highest BCUT2D eigenvalue weighted by Crippen LogP contribution is 2.38. The maximum Gasteiger partial charge on any atom is 0.311 e. The van der Waals surface area contributed by atoms with Crippen LogP contribution in [0.1, 0.15) is 33.7 Å². The highest BCUT2D eigenvalue weighted by Gasteiger charge is 2.30. The predicted molar refractivity (Wildman–Crippen MR) is 121 cm³/mol. The van der Waals surface area contributed by atoms with Crippen LogP contribution in [0.2, 0.25) is 0 Å². The lowest BCUT2D eigenvalue weighted by Crippen LogP contribution is -2.09. The molecule has 0 aliphatic carbocycles. The Labute approximate surface area is 195 Å². The molecule has 9 nitrogen and oxygen atoms in total. The largest absolute Gasteiger partial charge is 0.497 e. The van der Waals surface area contributed by atoms with Gasteiger partial charge >= 0.3 is 5.97 Å². The van der Waals surface area contributed by atoms with E-state index in [1.54, 1.807) is 50.4 Å². The zero-order valence-corrected chi connectivity index (χ0v) is 19.2. The average Bonchev–Trinajstić information content (AvgIpc) is 3.42. The van der Waals surface area contributed by atoms with Crippen molar-refractivity contribution < 1.29 is 37.8 Å². The molecule has 1 aliphatic rings. The minimum absolute atomic E-state index is 0.0800. The SMILES string of the molecule is COc1ccc(/C=C2\Oc3cc(OC(=O)CCc4cc(OC)no4)cc(C)c3C2=O)c(OC)c1. The lowest BCUT2D eigenvalue weighted by molar-refractivity contribution is -0.134. The van der Waals surface area contributed by atoms with Crippen LogP contribution >= 0.6 is 0 Å². The van der Waals surface area contributed by atoms with Crippen LogP contribution in [0.3, 0.4) is 0 Å². The first-order valence-corrected chi connectivity index (χ1v) is 10.4. The summed E-state index contributed by atoms with van der Waals surface area (Å²) >= 11 is 0. The number of ether oxygens (including phenoxy) is 5. The lowest BCUT2D eigenvalue weighted by Gasteiger charge is -2.08. The van der Waals surface area contributed by atoms with Gasteiger partial charge in [0.1, 0.15) is 28.8 Å². The Morgan fingerprint density at radius 2 is 1.85 bits per heavy atom. The van der Waals surface area contributed by atoms with Crippen LogP contribution in [-0.2, 0) is 11.2 Å². The summed E-state index contributed by atoms with van der Waals surface area (Å²) < 4.78 is 31.9. The summed E-state index contributed by atoms with van der Waals surface area (Å²) in [4.78, 5) is 25.3. The third-order valence-corrected chi connectivity index (χ3v) is 5.22. The fourth-order valence-corrected chi connectivity index (χ4v) is 3.53. The van der Waals surface area contributed by atoms with E-state index in [2.05, 4.69) is 5.16 Å². The first-order valence-electron chi connectivity index (χ1n) is 10.4. The number of carbonyl (C=O) groups excluding carboxylic acids is 2. The summed E-state index contributed by atoms with van der Waals surface area (Å²) in [6.07, 6.45) is 2.00. The van der Waals surface area contributed by atoms with Gasteiger partial charge in [-0.25, -0.2) is 0 Å². The van der Waals surface area contributed by atoms with Gasteiger partial charge in [0.2, 0.25) is 5.78 Å². The molecule has 1 aromatic heterocycles. The van der Waals surface area contributed by atoms with E-state index in [1.807, 2.05) is 0 Å². The molecule has 2 heterocycles. The number of methoxy groups -OCH3 is 3. The zero-order valence-electron chi connectivity index (χ0n) is 19.2. The molecule has 1 aliphatic heterocycles. The number of fused-ring (bicyclic) bond motifs is 1. The molecule has 0 saturated carbocycles. The Kier molecular flexibility index (Phi) is 6.53. The summed E-state index contributed by atoms with van der Waals surface area (Å²) in [5.74, 6) is 2.05. The normalized spacial score (nSPS) is 13.4. The van der Waals surface area contributed by atoms with Crippen molar-refractivity contribution in [1.29, 1.82) is 0 Å². The van der Waals surface area contributed by atoms with Crippen LogP contribution in [-0.4, -0.2) is 38.2 Å². The van der Waals surface area contributed by atoms with Gasteiger partial charge in [-0.1, -0.05) is 0 Å². The molecule has 0 N–H and O–H groups in total. The van der Waals surface area contributed by atoms with Gasteiger partial charge in [0, 0.05) is 30.2 Å². The number of esters is 1. The van der Waals surface area contributed by atoms with Gasteiger partial charge in [0.05, 0.1) is 33.3 Å². The van der Waals surface area contributed by atoms with Gasteiger partial charge in [-0.05, 0) is 41.9 Å². The maximum atomic E-state index is 13.0. The standard InChI is InChI=1S/C25H23NO8/c1-14-9-18(32-23(27)8-7-17-13-22(31-4)26-34-17)12-20-24(14)25(28)21(33-20)10-15-5-6-16(29-2)11-19(15)30-3/h5-6,9-13H,7-8H2,1-4H3/b21-10-. The smallest absolute Gasteiger partial charge is 0.311 e. The Morgan fingerprint density at radius 3 is 2.56 bits per heavy atom. The molecular formula is C25H23NO8. The van der Waals surface area contributed by atoms with Gasteiger partial charge in [-0.15, -0.1) is 0 Å². The van der Waals surface area contributed by atoms with Crippen molar-refractivity contribution in [3.05, 3.63) is 64.6 Å². The molecule has 4 rings (SSSR count). The number of hydrogen-bond donors (Lipinski definition) is 0. The third-order valence-electron chi connectivity index (χ3n) is 5.22. The predicted octanol–water partition coefficient (Wildman–Crippen LogP) is 4.16. The number of ketones is 1. The second kappa shape index (κ2) is 9.70. The molecule has 2 aromatic carbocycles. The monoisotopic (exact) mass is 465 g/mol. The van der Waals surface area contributed by atoms with Gasteiger partial charge < -0.3 is 28.2 Å². The van der Waals surface area contributed by atoms with Crippen LogP contribution in [0.5, 0.6) is 28.9 Å². The first kappa shape index (κ1) is 22.9. The van der Waals surface area contributed by atoms with E-state index < -0.39 is 5.97 Å². The fourth-order valence-electron chi connectivity index (χ4n) is 3.53. The molecule has 9 heteroatoms. The molecule has 0 amide bonds. The number of Topliss-reactive ketones (excluding diaryl/α,β-unsaturated/α-hetero) is 1. The van der Waals surface area contributed by atoms with Gasteiger partial charge in [-0.3, -0.25) is 9.59 Å². The number of hydrogen-bond acceptors (Lipinski definition) is 9. The molecular weight excluding hydrogens is 442 g/mol. The van der Waals surface area contributed by atoms with Crippen LogP contribution < -0.4 is 23.7 Å². The van der Waals surface area contributed by atoms with Crippen LogP contribution in [0.4, 0.5) is 0 Å². The molecule has 0 atom stereocenters. The minimum atomic E-state index is -0.460. The number of nitrogens with zero attached hydrogens (tertiary/aromatic N) is 1. The second-order valence-corrected chi connectivity index (χ2v) is 7.47. The van der Waals surface area contributed by atoms with Crippen molar-refractivity contribution >= 4 is 17.8 Å². The Morgan fingerprint density at radius 1 is 1.03 bits per heavy atom. The van der Waals surface area contributed by atoms with Gasteiger partial charge in [0.15, 0.2) is 5.76 Å². The molecule has 0 unspecified atom stereocenters. The Bertz CT molecular complexity index is 1270. The second-order valence-electron chi connectivity index (χ2n) is 7.47. The highest BCUT2D eigenvalue weighted by atomic mass is 16.5. The lowest BCUT2D eigenvalue weighted by atomic mass is 10.0. The average molecular weight is 465 g/mol. The highest BCUT2D eigenvalue weighted by molar-refractivity contribution is 6.15. The van der Waals surface area contributed by atoms with Crippen LogP contribution in [0, 0.1) is 6.92 Å². The van der Waals surface area contributed by atoms with Crippen molar-refractivity contribution in [2.75, 3.05) is 21.3 Å². The molecule has 0 radical (unpaired) electrons. The summed E-state index contributed by atoms with van der Waals surface area (Å²) in [5, 5.41) is 3.69. The van der Waals surface area contributed by atoms with E-state index in [0.717, 1.165) is 0 Å². The summed E-state index contributed by atoms with van der Waals surface area (Å²) in [7, 11) is 4.57. The molecule has 0 spiro atoms. The number of rotatable bonds is 8. The molecule has 34 heavy (non-hydrogen) atoms. The number of benzene rings is 2. The zero-order chi connectivity index (χ0) is 24.2.